The largest absolute Gasteiger partial charge is 0.351 e. The lowest BCUT2D eigenvalue weighted by Crippen LogP contribution is -2.35. The topological polar surface area (TPSA) is 18.5 Å². The van der Waals surface area contributed by atoms with Crippen molar-refractivity contribution in [2.75, 3.05) is 6.61 Å². The summed E-state index contributed by atoms with van der Waals surface area (Å²) in [4.78, 5) is 0. The van der Waals surface area contributed by atoms with Crippen LogP contribution in [0.2, 0.25) is 0 Å². The molecule has 0 radical (unpaired) electrons. The van der Waals surface area contributed by atoms with E-state index in [1.54, 1.807) is 0 Å². The Kier molecular flexibility index (Phi) is 3.13. The van der Waals surface area contributed by atoms with Crippen LogP contribution in [-0.4, -0.2) is 18.5 Å². The van der Waals surface area contributed by atoms with E-state index in [4.69, 9.17) is 9.47 Å². The first-order valence-corrected chi connectivity index (χ1v) is 4.81. The molecule has 1 fully saturated rings. The van der Waals surface area contributed by atoms with Crippen LogP contribution in [-0.2, 0) is 9.47 Å². The Labute approximate surface area is 75.2 Å². The molecule has 0 N–H and O–H groups in total. The maximum absolute atomic E-state index is 5.73. The van der Waals surface area contributed by atoms with Crippen molar-refractivity contribution in [3.05, 3.63) is 0 Å². The second-order valence-electron chi connectivity index (χ2n) is 4.31. The Morgan fingerprint density at radius 2 is 1.92 bits per heavy atom. The lowest BCUT2D eigenvalue weighted by Gasteiger charge is -2.33. The Morgan fingerprint density at radius 1 is 1.25 bits per heavy atom. The number of hydrogen-bond donors (Lipinski definition) is 0. The van der Waals surface area contributed by atoms with Gasteiger partial charge in [0.25, 0.3) is 0 Å². The molecular weight excluding hydrogens is 152 g/mol. The van der Waals surface area contributed by atoms with Gasteiger partial charge < -0.3 is 9.47 Å². The maximum Gasteiger partial charge on any atom is 0.163 e. The molecule has 0 saturated carbocycles. The van der Waals surface area contributed by atoms with E-state index in [1.165, 1.54) is 0 Å². The van der Waals surface area contributed by atoms with Crippen molar-refractivity contribution in [3.63, 3.8) is 0 Å². The molecule has 0 aliphatic carbocycles. The molecule has 1 saturated heterocycles. The molecule has 0 spiro atoms. The summed E-state index contributed by atoms with van der Waals surface area (Å²) in [5.74, 6) is 0.329. The summed E-state index contributed by atoms with van der Waals surface area (Å²) in [6, 6.07) is 0. The minimum Gasteiger partial charge on any atom is -0.351 e. The quantitative estimate of drug-likeness (QED) is 0.559. The molecule has 1 aliphatic rings. The highest BCUT2D eigenvalue weighted by atomic mass is 16.7. The molecule has 2 unspecified atom stereocenters. The fourth-order valence-electron chi connectivity index (χ4n) is 1.76. The van der Waals surface area contributed by atoms with Gasteiger partial charge in [0.05, 0.1) is 12.7 Å². The standard InChI is InChI=1S/C10H20O2/c1-8-5-6-11-10(3,4)12-9(2)7-8/h8-9H,5-7H2,1-4H3. The molecule has 2 heteroatoms. The fourth-order valence-corrected chi connectivity index (χ4v) is 1.76. The van der Waals surface area contributed by atoms with Crippen molar-refractivity contribution in [2.24, 2.45) is 5.92 Å². The molecule has 1 rings (SSSR count). The molecule has 0 aromatic rings. The molecule has 1 heterocycles. The van der Waals surface area contributed by atoms with Crippen LogP contribution >= 0.6 is 0 Å². The maximum atomic E-state index is 5.73. The van der Waals surface area contributed by atoms with E-state index in [9.17, 15) is 0 Å². The SMILES string of the molecule is CC1CCOC(C)(C)OC(C)C1. The van der Waals surface area contributed by atoms with Crippen molar-refractivity contribution < 1.29 is 9.47 Å². The summed E-state index contributed by atoms with van der Waals surface area (Å²) in [6.07, 6.45) is 2.61. The molecular formula is C10H20O2. The average molecular weight is 172 g/mol. The first kappa shape index (κ1) is 10.0. The van der Waals surface area contributed by atoms with Crippen molar-refractivity contribution in [1.82, 2.24) is 0 Å². The van der Waals surface area contributed by atoms with Crippen LogP contribution < -0.4 is 0 Å². The average Bonchev–Trinajstić information content (AvgIpc) is 1.81. The first-order chi connectivity index (χ1) is 5.49. The van der Waals surface area contributed by atoms with Gasteiger partial charge in [0.2, 0.25) is 0 Å². The zero-order chi connectivity index (χ0) is 9.19. The van der Waals surface area contributed by atoms with Crippen molar-refractivity contribution in [2.45, 2.75) is 52.4 Å². The molecule has 12 heavy (non-hydrogen) atoms. The van der Waals surface area contributed by atoms with E-state index in [-0.39, 0.29) is 5.79 Å². The summed E-state index contributed by atoms with van der Waals surface area (Å²) >= 11 is 0. The van der Waals surface area contributed by atoms with E-state index >= 15 is 0 Å². The van der Waals surface area contributed by atoms with Gasteiger partial charge >= 0.3 is 0 Å². The Morgan fingerprint density at radius 3 is 2.58 bits per heavy atom. The van der Waals surface area contributed by atoms with Crippen LogP contribution in [0.15, 0.2) is 0 Å². The third kappa shape index (κ3) is 3.11. The normalized spacial score (nSPS) is 37.0. The van der Waals surface area contributed by atoms with Gasteiger partial charge in [0, 0.05) is 0 Å². The smallest absolute Gasteiger partial charge is 0.163 e. The highest BCUT2D eigenvalue weighted by Crippen LogP contribution is 2.23. The second-order valence-corrected chi connectivity index (χ2v) is 4.31. The van der Waals surface area contributed by atoms with E-state index in [1.807, 2.05) is 13.8 Å². The lowest BCUT2D eigenvalue weighted by molar-refractivity contribution is -0.245. The van der Waals surface area contributed by atoms with Gasteiger partial charge in [-0.3, -0.25) is 0 Å². The van der Waals surface area contributed by atoms with Gasteiger partial charge in [0.15, 0.2) is 5.79 Å². The summed E-state index contributed by atoms with van der Waals surface area (Å²) < 4.78 is 11.3. The molecule has 0 aromatic carbocycles. The van der Waals surface area contributed by atoms with Crippen LogP contribution in [0.4, 0.5) is 0 Å². The Hall–Kier alpha value is -0.0800. The zero-order valence-corrected chi connectivity index (χ0v) is 8.59. The molecule has 1 aliphatic heterocycles. The van der Waals surface area contributed by atoms with Crippen LogP contribution in [0.3, 0.4) is 0 Å². The van der Waals surface area contributed by atoms with Crippen LogP contribution in [0.25, 0.3) is 0 Å². The minimum absolute atomic E-state index is 0.315. The van der Waals surface area contributed by atoms with E-state index in [2.05, 4.69) is 13.8 Å². The molecule has 0 bridgehead atoms. The highest BCUT2D eigenvalue weighted by Gasteiger charge is 2.25. The fraction of sp³-hybridized carbons (Fsp3) is 1.00. The summed E-state index contributed by atoms with van der Waals surface area (Å²) in [5, 5.41) is 0. The zero-order valence-electron chi connectivity index (χ0n) is 8.59. The number of hydrogen-bond acceptors (Lipinski definition) is 2. The van der Waals surface area contributed by atoms with Gasteiger partial charge in [-0.2, -0.15) is 0 Å². The third-order valence-electron chi connectivity index (χ3n) is 2.28. The van der Waals surface area contributed by atoms with Crippen LogP contribution in [0, 0.1) is 5.92 Å². The van der Waals surface area contributed by atoms with Crippen LogP contribution in [0.1, 0.15) is 40.5 Å². The molecule has 0 amide bonds. The van der Waals surface area contributed by atoms with Crippen molar-refractivity contribution in [1.29, 1.82) is 0 Å². The van der Waals surface area contributed by atoms with Gasteiger partial charge in [-0.1, -0.05) is 6.92 Å². The van der Waals surface area contributed by atoms with E-state index in [0.717, 1.165) is 25.4 Å². The van der Waals surface area contributed by atoms with Gasteiger partial charge in [-0.25, -0.2) is 0 Å². The van der Waals surface area contributed by atoms with Crippen molar-refractivity contribution >= 4 is 0 Å². The van der Waals surface area contributed by atoms with Gasteiger partial charge in [0.1, 0.15) is 0 Å². The van der Waals surface area contributed by atoms with Gasteiger partial charge in [-0.05, 0) is 39.5 Å². The summed E-state index contributed by atoms with van der Waals surface area (Å²) in [6.45, 7) is 9.16. The predicted molar refractivity (Wildman–Crippen MR) is 49.0 cm³/mol. The monoisotopic (exact) mass is 172 g/mol. The van der Waals surface area contributed by atoms with Crippen LogP contribution in [0.5, 0.6) is 0 Å². The highest BCUT2D eigenvalue weighted by molar-refractivity contribution is 4.66. The first-order valence-electron chi connectivity index (χ1n) is 4.81. The summed E-state index contributed by atoms with van der Waals surface area (Å²) in [7, 11) is 0. The molecule has 2 nitrogen and oxygen atoms in total. The van der Waals surface area contributed by atoms with E-state index in [0.29, 0.717) is 6.10 Å². The number of rotatable bonds is 0. The third-order valence-corrected chi connectivity index (χ3v) is 2.28. The predicted octanol–water partition coefficient (Wildman–Crippen LogP) is 2.57. The second kappa shape index (κ2) is 3.75. The van der Waals surface area contributed by atoms with Crippen molar-refractivity contribution in [3.8, 4) is 0 Å². The lowest BCUT2D eigenvalue weighted by atomic mass is 10.0. The Bertz CT molecular complexity index is 143. The van der Waals surface area contributed by atoms with Gasteiger partial charge in [-0.15, -0.1) is 0 Å². The molecule has 2 atom stereocenters. The number of ether oxygens (including phenoxy) is 2. The van der Waals surface area contributed by atoms with E-state index < -0.39 is 0 Å². The molecule has 0 aromatic heterocycles. The Balaban J connectivity index is 2.48. The minimum atomic E-state index is -0.389. The molecule has 72 valence electrons. The summed E-state index contributed by atoms with van der Waals surface area (Å²) in [5.41, 5.74) is 0.